The van der Waals surface area contributed by atoms with Gasteiger partial charge in [-0.25, -0.2) is 0 Å². The molecule has 7 nitrogen and oxygen atoms in total. The summed E-state index contributed by atoms with van der Waals surface area (Å²) < 4.78 is 7.97. The molecule has 0 unspecified atom stereocenters. The summed E-state index contributed by atoms with van der Waals surface area (Å²) in [6.45, 7) is 1.87. The molecule has 0 radical (unpaired) electrons. The Kier molecular flexibility index (Phi) is 11.3. The maximum Gasteiger partial charge on any atom is 0.239 e. The Labute approximate surface area is 163 Å². The lowest BCUT2D eigenvalue weighted by Gasteiger charge is -2.22. The minimum atomic E-state index is -0.0896. The summed E-state index contributed by atoms with van der Waals surface area (Å²) in [5, 5.41) is 5.80. The van der Waals surface area contributed by atoms with Crippen molar-refractivity contribution in [3.8, 4) is 0 Å². The number of carbonyl (C=O) groups excluding carboxylic acids is 1. The molecule has 9 heteroatoms. The Morgan fingerprint density at radius 1 is 1.48 bits per heavy atom. The molecule has 2 N–H and O–H groups in total. The predicted molar refractivity (Wildman–Crippen MR) is 106 cm³/mol. The van der Waals surface area contributed by atoms with E-state index in [-0.39, 0.29) is 36.4 Å². The number of nitrogens with one attached hydrogen (secondary N) is 2. The molecular formula is C14H25BrIN5O2. The quantitative estimate of drug-likeness (QED) is 0.255. The minimum absolute atomic E-state index is 0. The van der Waals surface area contributed by atoms with Gasteiger partial charge >= 0.3 is 0 Å². The van der Waals surface area contributed by atoms with E-state index in [9.17, 15) is 4.79 Å². The molecule has 0 aliphatic rings. The van der Waals surface area contributed by atoms with Crippen LogP contribution in [0.5, 0.6) is 0 Å². The van der Waals surface area contributed by atoms with Crippen LogP contribution in [0.3, 0.4) is 0 Å². The van der Waals surface area contributed by atoms with E-state index in [1.54, 1.807) is 14.2 Å². The highest BCUT2D eigenvalue weighted by Crippen LogP contribution is 2.14. The number of aryl methyl sites for hydroxylation is 1. The average molecular weight is 502 g/mol. The van der Waals surface area contributed by atoms with Crippen LogP contribution in [0.25, 0.3) is 0 Å². The number of halogens is 2. The second kappa shape index (κ2) is 11.7. The number of ether oxygens (including phenoxy) is 1. The van der Waals surface area contributed by atoms with Gasteiger partial charge in [0.1, 0.15) is 0 Å². The number of aliphatic imine (C=N–C) groups is 1. The lowest BCUT2D eigenvalue weighted by molar-refractivity contribution is -0.120. The third-order valence-electron chi connectivity index (χ3n) is 3.08. The molecule has 1 rings (SSSR count). The Morgan fingerprint density at radius 3 is 2.70 bits per heavy atom. The van der Waals surface area contributed by atoms with E-state index >= 15 is 0 Å². The molecule has 0 fully saturated rings. The predicted octanol–water partition coefficient (Wildman–Crippen LogP) is 1.18. The number of hydrogen-bond acceptors (Lipinski definition) is 3. The second-order valence-electron chi connectivity index (χ2n) is 4.86. The minimum Gasteiger partial charge on any atom is -0.383 e. The number of methoxy groups -OCH3 is 1. The molecule has 0 saturated carbocycles. The Morgan fingerprint density at radius 2 is 2.17 bits per heavy atom. The van der Waals surface area contributed by atoms with Gasteiger partial charge in [-0.05, 0) is 22.0 Å². The summed E-state index contributed by atoms with van der Waals surface area (Å²) >= 11 is 3.46. The summed E-state index contributed by atoms with van der Waals surface area (Å²) in [4.78, 5) is 17.8. The molecule has 1 amide bonds. The Hall–Kier alpha value is -0.810. The van der Waals surface area contributed by atoms with Crippen LogP contribution in [0.15, 0.2) is 21.7 Å². The van der Waals surface area contributed by atoms with Crippen molar-refractivity contribution in [1.29, 1.82) is 0 Å². The molecule has 0 bridgehead atoms. The largest absolute Gasteiger partial charge is 0.383 e. The fourth-order valence-electron chi connectivity index (χ4n) is 1.94. The lowest BCUT2D eigenvalue weighted by Crippen LogP contribution is -2.44. The number of guanidine groups is 1. The number of rotatable bonds is 7. The van der Waals surface area contributed by atoms with Gasteiger partial charge in [-0.2, -0.15) is 0 Å². The van der Waals surface area contributed by atoms with Crippen LogP contribution in [0, 0.1) is 0 Å². The van der Waals surface area contributed by atoms with Crippen molar-refractivity contribution in [2.45, 2.75) is 6.54 Å². The highest BCUT2D eigenvalue weighted by atomic mass is 127. The number of amides is 1. The van der Waals surface area contributed by atoms with Gasteiger partial charge in [0.05, 0.1) is 19.7 Å². The van der Waals surface area contributed by atoms with Gasteiger partial charge in [-0.3, -0.25) is 9.79 Å². The first kappa shape index (κ1) is 22.2. The van der Waals surface area contributed by atoms with E-state index in [1.807, 2.05) is 29.8 Å². The third-order valence-corrected chi connectivity index (χ3v) is 3.52. The molecular weight excluding hydrogens is 477 g/mol. The zero-order valence-corrected chi connectivity index (χ0v) is 17.8. The van der Waals surface area contributed by atoms with E-state index in [0.29, 0.717) is 25.7 Å². The monoisotopic (exact) mass is 501 g/mol. The van der Waals surface area contributed by atoms with Crippen molar-refractivity contribution in [2.24, 2.45) is 12.0 Å². The van der Waals surface area contributed by atoms with Crippen molar-refractivity contribution < 1.29 is 9.53 Å². The fourth-order valence-corrected chi connectivity index (χ4v) is 2.51. The van der Waals surface area contributed by atoms with Crippen LogP contribution in [-0.2, 0) is 23.1 Å². The van der Waals surface area contributed by atoms with Gasteiger partial charge < -0.3 is 24.8 Å². The average Bonchev–Trinajstić information content (AvgIpc) is 2.77. The molecule has 1 aromatic rings. The molecule has 23 heavy (non-hydrogen) atoms. The summed E-state index contributed by atoms with van der Waals surface area (Å²) in [5.41, 5.74) is 1.14. The van der Waals surface area contributed by atoms with Crippen LogP contribution >= 0.6 is 39.9 Å². The van der Waals surface area contributed by atoms with E-state index in [2.05, 4.69) is 37.6 Å². The van der Waals surface area contributed by atoms with Crippen LogP contribution in [0.2, 0.25) is 0 Å². The number of carbonyl (C=O) groups is 1. The summed E-state index contributed by atoms with van der Waals surface area (Å²) in [6, 6.07) is 2.06. The highest BCUT2D eigenvalue weighted by molar-refractivity contribution is 14.0. The highest BCUT2D eigenvalue weighted by Gasteiger charge is 2.10. The van der Waals surface area contributed by atoms with E-state index in [1.165, 1.54) is 0 Å². The molecule has 132 valence electrons. The van der Waals surface area contributed by atoms with Crippen molar-refractivity contribution in [1.82, 2.24) is 20.1 Å². The molecule has 0 aliphatic carbocycles. The molecule has 1 heterocycles. The first-order chi connectivity index (χ1) is 10.5. The van der Waals surface area contributed by atoms with Gasteiger partial charge in [0.25, 0.3) is 0 Å². The zero-order valence-electron chi connectivity index (χ0n) is 13.9. The smallest absolute Gasteiger partial charge is 0.239 e. The number of nitrogens with zero attached hydrogens (tertiary/aromatic N) is 3. The van der Waals surface area contributed by atoms with E-state index in [4.69, 9.17) is 4.74 Å². The topological polar surface area (TPSA) is 70.9 Å². The van der Waals surface area contributed by atoms with Crippen molar-refractivity contribution in [2.75, 3.05) is 40.9 Å². The van der Waals surface area contributed by atoms with Gasteiger partial charge in [0, 0.05) is 51.2 Å². The van der Waals surface area contributed by atoms with E-state index < -0.39 is 0 Å². The lowest BCUT2D eigenvalue weighted by atomic mass is 10.4. The summed E-state index contributed by atoms with van der Waals surface area (Å²) in [7, 11) is 7.22. The molecule has 0 saturated heterocycles. The maximum absolute atomic E-state index is 11.7. The van der Waals surface area contributed by atoms with Gasteiger partial charge in [0.15, 0.2) is 5.96 Å². The maximum atomic E-state index is 11.7. The fraction of sp³-hybridized carbons (Fsp3) is 0.571. The normalized spacial score (nSPS) is 10.9. The van der Waals surface area contributed by atoms with Gasteiger partial charge in [0.2, 0.25) is 5.91 Å². The molecule has 0 spiro atoms. The van der Waals surface area contributed by atoms with E-state index in [0.717, 1.165) is 10.2 Å². The zero-order chi connectivity index (χ0) is 16.5. The van der Waals surface area contributed by atoms with Gasteiger partial charge in [-0.15, -0.1) is 24.0 Å². The molecule has 1 aromatic heterocycles. The Balaban J connectivity index is 0.00000484. The van der Waals surface area contributed by atoms with Crippen molar-refractivity contribution in [3.05, 3.63) is 22.4 Å². The van der Waals surface area contributed by atoms with Crippen LogP contribution in [0.1, 0.15) is 5.69 Å². The number of hydrogen-bond donors (Lipinski definition) is 2. The summed E-state index contributed by atoms with van der Waals surface area (Å²) in [5.74, 6) is 0.576. The Bertz CT molecular complexity index is 521. The van der Waals surface area contributed by atoms with Crippen molar-refractivity contribution in [3.63, 3.8) is 0 Å². The van der Waals surface area contributed by atoms with Crippen LogP contribution in [-0.4, -0.2) is 62.2 Å². The molecule has 0 aliphatic heterocycles. The SMILES string of the molecule is CN=C(NCC(=O)NCCOC)N(C)Cc1cc(Br)cn1C.I. The second-order valence-corrected chi connectivity index (χ2v) is 5.78. The molecule has 0 aromatic carbocycles. The first-order valence-electron chi connectivity index (χ1n) is 6.96. The molecule has 0 atom stereocenters. The summed E-state index contributed by atoms with van der Waals surface area (Å²) in [6.07, 6.45) is 2.00. The standard InChI is InChI=1S/C14H24BrN5O2.HI/c1-16-14(18-8-13(21)17-5-6-22-4)20(3)10-12-7-11(15)9-19(12)2;/h7,9H,5-6,8,10H2,1-4H3,(H,16,18)(H,17,21);1H. The van der Waals surface area contributed by atoms with Gasteiger partial charge in [-0.1, -0.05) is 0 Å². The number of aromatic nitrogens is 1. The van der Waals surface area contributed by atoms with Crippen molar-refractivity contribution >= 4 is 51.8 Å². The first-order valence-corrected chi connectivity index (χ1v) is 7.75. The third kappa shape index (κ3) is 8.02. The van der Waals surface area contributed by atoms with Crippen LogP contribution < -0.4 is 10.6 Å². The van der Waals surface area contributed by atoms with Crippen LogP contribution in [0.4, 0.5) is 0 Å².